The SMILES string of the molecule is Cc1ccccc1NC(=O)CSc1nc(C2CCCC2)nc2c1c(=O)n(C)c(=O)n2C. The minimum atomic E-state index is -0.446. The zero-order chi connectivity index (χ0) is 22.1. The normalized spacial score (nSPS) is 14.3. The third-order valence-corrected chi connectivity index (χ3v) is 6.74. The highest BCUT2D eigenvalue weighted by Crippen LogP contribution is 2.34. The van der Waals surface area contributed by atoms with Crippen molar-refractivity contribution in [2.75, 3.05) is 11.1 Å². The van der Waals surface area contributed by atoms with Crippen LogP contribution in [0.1, 0.15) is 43.0 Å². The van der Waals surface area contributed by atoms with E-state index in [1.807, 2.05) is 31.2 Å². The number of benzene rings is 1. The number of nitrogens with one attached hydrogen (secondary N) is 1. The maximum atomic E-state index is 12.9. The molecule has 9 heteroatoms. The van der Waals surface area contributed by atoms with Crippen LogP contribution in [0.5, 0.6) is 0 Å². The Balaban J connectivity index is 1.71. The number of nitrogens with zero attached hydrogens (tertiary/aromatic N) is 4. The average Bonchev–Trinajstić information content (AvgIpc) is 3.31. The molecule has 1 N–H and O–H groups in total. The molecule has 4 rings (SSSR count). The molecule has 1 saturated carbocycles. The molecule has 0 bridgehead atoms. The highest BCUT2D eigenvalue weighted by molar-refractivity contribution is 8.00. The van der Waals surface area contributed by atoms with E-state index < -0.39 is 11.2 Å². The maximum absolute atomic E-state index is 12.9. The van der Waals surface area contributed by atoms with E-state index in [-0.39, 0.29) is 23.0 Å². The smallest absolute Gasteiger partial charge is 0.325 e. The Hall–Kier alpha value is -2.94. The maximum Gasteiger partial charge on any atom is 0.332 e. The van der Waals surface area contributed by atoms with Gasteiger partial charge in [0, 0.05) is 25.7 Å². The third-order valence-electron chi connectivity index (χ3n) is 5.76. The van der Waals surface area contributed by atoms with Crippen molar-refractivity contribution >= 4 is 34.4 Å². The minimum absolute atomic E-state index is 0.0938. The molecule has 0 aliphatic heterocycles. The third kappa shape index (κ3) is 4.14. The van der Waals surface area contributed by atoms with Crippen LogP contribution in [0.2, 0.25) is 0 Å². The lowest BCUT2D eigenvalue weighted by Gasteiger charge is -2.14. The zero-order valence-corrected chi connectivity index (χ0v) is 18.7. The van der Waals surface area contributed by atoms with Gasteiger partial charge >= 0.3 is 5.69 Å². The molecule has 0 unspecified atom stereocenters. The molecule has 8 nitrogen and oxygen atoms in total. The second kappa shape index (κ2) is 8.66. The topological polar surface area (TPSA) is 98.9 Å². The Kier molecular flexibility index (Phi) is 5.95. The molecule has 1 aromatic carbocycles. The van der Waals surface area contributed by atoms with Crippen molar-refractivity contribution in [1.82, 2.24) is 19.1 Å². The molecular formula is C22H25N5O3S. The number of aromatic nitrogens is 4. The van der Waals surface area contributed by atoms with E-state index in [2.05, 4.69) is 10.3 Å². The lowest BCUT2D eigenvalue weighted by molar-refractivity contribution is -0.113. The van der Waals surface area contributed by atoms with E-state index in [0.717, 1.165) is 41.5 Å². The quantitative estimate of drug-likeness (QED) is 0.485. The Labute approximate surface area is 183 Å². The van der Waals surface area contributed by atoms with Crippen LogP contribution in [-0.4, -0.2) is 30.8 Å². The lowest BCUT2D eigenvalue weighted by Crippen LogP contribution is -2.38. The number of carbonyl (C=O) groups is 1. The van der Waals surface area contributed by atoms with Crippen LogP contribution in [-0.2, 0) is 18.9 Å². The molecule has 1 aliphatic rings. The van der Waals surface area contributed by atoms with Gasteiger partial charge < -0.3 is 5.32 Å². The van der Waals surface area contributed by atoms with E-state index in [0.29, 0.717) is 16.5 Å². The fourth-order valence-electron chi connectivity index (χ4n) is 3.95. The van der Waals surface area contributed by atoms with Crippen molar-refractivity contribution in [1.29, 1.82) is 0 Å². The average molecular weight is 440 g/mol. The second-order valence-corrected chi connectivity index (χ2v) is 8.89. The van der Waals surface area contributed by atoms with Crippen LogP contribution in [0.15, 0.2) is 38.9 Å². The lowest BCUT2D eigenvalue weighted by atomic mass is 10.1. The number of rotatable bonds is 5. The summed E-state index contributed by atoms with van der Waals surface area (Å²) in [6.45, 7) is 1.93. The summed E-state index contributed by atoms with van der Waals surface area (Å²) in [5, 5.41) is 3.63. The monoisotopic (exact) mass is 439 g/mol. The first-order valence-corrected chi connectivity index (χ1v) is 11.3. The van der Waals surface area contributed by atoms with E-state index in [1.165, 1.54) is 23.4 Å². The van der Waals surface area contributed by atoms with Crippen LogP contribution >= 0.6 is 11.8 Å². The number of carbonyl (C=O) groups excluding carboxylic acids is 1. The number of hydrogen-bond acceptors (Lipinski definition) is 6. The molecule has 3 aromatic rings. The fourth-order valence-corrected chi connectivity index (χ4v) is 4.77. The van der Waals surface area contributed by atoms with E-state index in [9.17, 15) is 14.4 Å². The fraction of sp³-hybridized carbons (Fsp3) is 0.409. The first kappa shape index (κ1) is 21.3. The highest BCUT2D eigenvalue weighted by atomic mass is 32.2. The predicted molar refractivity (Wildman–Crippen MR) is 122 cm³/mol. The summed E-state index contributed by atoms with van der Waals surface area (Å²) in [4.78, 5) is 47.2. The molecule has 162 valence electrons. The van der Waals surface area contributed by atoms with Crippen molar-refractivity contribution in [2.45, 2.75) is 43.6 Å². The molecule has 31 heavy (non-hydrogen) atoms. The van der Waals surface area contributed by atoms with Crippen molar-refractivity contribution < 1.29 is 4.79 Å². The van der Waals surface area contributed by atoms with Gasteiger partial charge in [0.1, 0.15) is 16.2 Å². The van der Waals surface area contributed by atoms with Gasteiger partial charge in [-0.1, -0.05) is 42.8 Å². The summed E-state index contributed by atoms with van der Waals surface area (Å²) in [7, 11) is 3.04. The number of anilines is 1. The largest absolute Gasteiger partial charge is 0.332 e. The zero-order valence-electron chi connectivity index (χ0n) is 17.8. The van der Waals surface area contributed by atoms with Gasteiger partial charge in [0.15, 0.2) is 5.65 Å². The van der Waals surface area contributed by atoms with Crippen LogP contribution in [0.25, 0.3) is 11.0 Å². The predicted octanol–water partition coefficient (Wildman–Crippen LogP) is 2.72. The van der Waals surface area contributed by atoms with Crippen molar-refractivity contribution in [3.05, 3.63) is 56.5 Å². The summed E-state index contributed by atoms with van der Waals surface area (Å²) in [5.74, 6) is 0.769. The van der Waals surface area contributed by atoms with Gasteiger partial charge in [0.25, 0.3) is 5.56 Å². The van der Waals surface area contributed by atoms with Gasteiger partial charge in [-0.05, 0) is 31.4 Å². The highest BCUT2D eigenvalue weighted by Gasteiger charge is 2.24. The molecule has 0 saturated heterocycles. The van der Waals surface area contributed by atoms with Gasteiger partial charge in [-0.15, -0.1) is 0 Å². The standard InChI is InChI=1S/C22H25N5O3S/c1-13-8-4-7-11-15(13)23-16(28)12-31-20-17-19(26(2)22(30)27(3)21(17)29)24-18(25-20)14-9-5-6-10-14/h4,7-8,11,14H,5-6,9-10,12H2,1-3H3,(H,23,28). The Morgan fingerprint density at radius 3 is 2.55 bits per heavy atom. The van der Waals surface area contributed by atoms with Crippen molar-refractivity contribution in [2.24, 2.45) is 14.1 Å². The van der Waals surface area contributed by atoms with Crippen LogP contribution in [0, 0.1) is 6.92 Å². The van der Waals surface area contributed by atoms with Crippen molar-refractivity contribution in [3.63, 3.8) is 0 Å². The summed E-state index contributed by atoms with van der Waals surface area (Å²) in [6.07, 6.45) is 4.20. The number of hydrogen-bond donors (Lipinski definition) is 1. The summed E-state index contributed by atoms with van der Waals surface area (Å²) < 4.78 is 2.44. The van der Waals surface area contributed by atoms with E-state index in [1.54, 1.807) is 7.05 Å². The molecule has 0 spiro atoms. The minimum Gasteiger partial charge on any atom is -0.325 e. The number of para-hydroxylation sites is 1. The van der Waals surface area contributed by atoms with Gasteiger partial charge in [0.05, 0.1) is 5.75 Å². The number of aryl methyl sites for hydroxylation is 2. The van der Waals surface area contributed by atoms with Crippen LogP contribution < -0.4 is 16.6 Å². The van der Waals surface area contributed by atoms with Gasteiger partial charge in [0.2, 0.25) is 5.91 Å². The molecule has 1 fully saturated rings. The van der Waals surface area contributed by atoms with Crippen molar-refractivity contribution in [3.8, 4) is 0 Å². The van der Waals surface area contributed by atoms with Crippen LogP contribution in [0.3, 0.4) is 0 Å². The molecule has 2 aromatic heterocycles. The second-order valence-electron chi connectivity index (χ2n) is 7.92. The Bertz CT molecular complexity index is 1270. The number of fused-ring (bicyclic) bond motifs is 1. The summed E-state index contributed by atoms with van der Waals surface area (Å²) in [5.41, 5.74) is 1.18. The van der Waals surface area contributed by atoms with Gasteiger partial charge in [-0.2, -0.15) is 0 Å². The first-order valence-electron chi connectivity index (χ1n) is 10.3. The Morgan fingerprint density at radius 1 is 1.13 bits per heavy atom. The number of thioether (sulfide) groups is 1. The van der Waals surface area contributed by atoms with Gasteiger partial charge in [-0.3, -0.25) is 18.7 Å². The molecule has 2 heterocycles. The molecule has 0 atom stereocenters. The van der Waals surface area contributed by atoms with Crippen LogP contribution in [0.4, 0.5) is 5.69 Å². The van der Waals surface area contributed by atoms with E-state index >= 15 is 0 Å². The number of amides is 1. The summed E-state index contributed by atoms with van der Waals surface area (Å²) >= 11 is 1.20. The van der Waals surface area contributed by atoms with Gasteiger partial charge in [-0.25, -0.2) is 14.8 Å². The molecule has 0 radical (unpaired) electrons. The van der Waals surface area contributed by atoms with E-state index in [4.69, 9.17) is 4.98 Å². The molecular weight excluding hydrogens is 414 g/mol. The molecule has 1 amide bonds. The first-order chi connectivity index (χ1) is 14.9. The molecule has 1 aliphatic carbocycles. The summed E-state index contributed by atoms with van der Waals surface area (Å²) in [6, 6.07) is 7.56. The Morgan fingerprint density at radius 2 is 1.84 bits per heavy atom.